The van der Waals surface area contributed by atoms with E-state index in [-0.39, 0.29) is 43.3 Å². The Morgan fingerprint density at radius 3 is 2.56 bits per heavy atom. The number of carbonyl (C=O) groups is 1. The number of ether oxygens (including phenoxy) is 5. The molecule has 0 fully saturated rings. The fourth-order valence-corrected chi connectivity index (χ4v) is 7.08. The van der Waals surface area contributed by atoms with Crippen LogP contribution in [-0.4, -0.2) is 67.8 Å². The number of esters is 1. The van der Waals surface area contributed by atoms with Gasteiger partial charge in [-0.05, 0) is 49.1 Å². The van der Waals surface area contributed by atoms with Crippen molar-refractivity contribution in [1.82, 2.24) is 9.29 Å². The van der Waals surface area contributed by atoms with Gasteiger partial charge in [-0.25, -0.2) is 18.2 Å². The van der Waals surface area contributed by atoms with Crippen LogP contribution in [0.4, 0.5) is 0 Å². The van der Waals surface area contributed by atoms with Crippen LogP contribution in [0.2, 0.25) is 0 Å². The lowest BCUT2D eigenvalue weighted by Crippen LogP contribution is -2.37. The number of sulfonamides is 1. The molecule has 1 unspecified atom stereocenters. The molecule has 3 aromatic rings. The normalized spacial score (nSPS) is 13.4. The number of aryl methyl sites for hydroxylation is 1. The summed E-state index contributed by atoms with van der Waals surface area (Å²) in [6.07, 6.45) is 0.418. The number of thiazole rings is 1. The maximum Gasteiger partial charge on any atom is 0.332 e. The van der Waals surface area contributed by atoms with E-state index in [1.54, 1.807) is 23.5 Å². The SMILES string of the molecule is Cc1nc(COc2ccc(C(CCOC(=O)COCCI)CN(CC(C)C)S(=O)(=O)c3ccc4c(c3)OCO4)cc2)cs1. The highest BCUT2D eigenvalue weighted by Gasteiger charge is 2.30. The highest BCUT2D eigenvalue weighted by Crippen LogP contribution is 2.35. The zero-order chi connectivity index (χ0) is 30.8. The Labute approximate surface area is 270 Å². The molecule has 4 rings (SSSR count). The molecule has 1 aliphatic heterocycles. The molecule has 234 valence electrons. The van der Waals surface area contributed by atoms with E-state index in [0.29, 0.717) is 43.4 Å². The number of carbonyl (C=O) groups excluding carboxylic acids is 1. The third kappa shape index (κ3) is 9.76. The summed E-state index contributed by atoms with van der Waals surface area (Å²) in [7, 11) is -3.88. The second-order valence-electron chi connectivity index (χ2n) is 10.4. The summed E-state index contributed by atoms with van der Waals surface area (Å²) >= 11 is 3.75. The van der Waals surface area contributed by atoms with Crippen LogP contribution in [0, 0.1) is 12.8 Å². The number of halogens is 1. The molecule has 0 bridgehead atoms. The largest absolute Gasteiger partial charge is 0.487 e. The van der Waals surface area contributed by atoms with Gasteiger partial charge >= 0.3 is 5.97 Å². The lowest BCUT2D eigenvalue weighted by atomic mass is 9.95. The smallest absolute Gasteiger partial charge is 0.332 e. The number of aromatic nitrogens is 1. The van der Waals surface area contributed by atoms with E-state index in [1.165, 1.54) is 10.4 Å². The van der Waals surface area contributed by atoms with Gasteiger partial charge in [0.25, 0.3) is 0 Å². The van der Waals surface area contributed by atoms with Crippen molar-refractivity contribution in [2.75, 3.05) is 44.1 Å². The van der Waals surface area contributed by atoms with Gasteiger partial charge in [-0.1, -0.05) is 48.6 Å². The van der Waals surface area contributed by atoms with Crippen LogP contribution in [0.15, 0.2) is 52.7 Å². The average Bonchev–Trinajstić information content (AvgIpc) is 3.63. The third-order valence-corrected chi connectivity index (χ3v) is 9.64. The van der Waals surface area contributed by atoms with Gasteiger partial charge in [0.2, 0.25) is 16.8 Å². The van der Waals surface area contributed by atoms with E-state index >= 15 is 0 Å². The fourth-order valence-electron chi connectivity index (χ4n) is 4.51. The van der Waals surface area contributed by atoms with Crippen molar-refractivity contribution in [3.63, 3.8) is 0 Å². The van der Waals surface area contributed by atoms with Crippen molar-refractivity contribution in [2.45, 2.75) is 44.6 Å². The Morgan fingerprint density at radius 1 is 1.09 bits per heavy atom. The molecule has 2 aromatic carbocycles. The number of nitrogens with zero attached hydrogens (tertiary/aromatic N) is 2. The monoisotopic (exact) mass is 744 g/mol. The summed E-state index contributed by atoms with van der Waals surface area (Å²) in [4.78, 5) is 16.7. The molecule has 0 N–H and O–H groups in total. The van der Waals surface area contributed by atoms with E-state index in [2.05, 4.69) is 27.6 Å². The van der Waals surface area contributed by atoms with Crippen molar-refractivity contribution in [3.8, 4) is 17.2 Å². The Balaban J connectivity index is 1.52. The number of hydrogen-bond acceptors (Lipinski definition) is 10. The van der Waals surface area contributed by atoms with E-state index in [0.717, 1.165) is 20.7 Å². The summed E-state index contributed by atoms with van der Waals surface area (Å²) in [5.74, 6) is 0.963. The van der Waals surface area contributed by atoms with Crippen molar-refractivity contribution < 1.29 is 36.9 Å². The predicted octanol–water partition coefficient (Wildman–Crippen LogP) is 5.57. The third-order valence-electron chi connectivity index (χ3n) is 6.55. The Hall–Kier alpha value is -2.46. The maximum absolute atomic E-state index is 13.9. The fraction of sp³-hybridized carbons (Fsp3) is 0.467. The lowest BCUT2D eigenvalue weighted by molar-refractivity contribution is -0.148. The van der Waals surface area contributed by atoms with Gasteiger partial charge in [0.1, 0.15) is 19.0 Å². The Morgan fingerprint density at radius 2 is 1.86 bits per heavy atom. The molecule has 0 amide bonds. The first kappa shape index (κ1) is 33.4. The molecule has 1 aliphatic rings. The van der Waals surface area contributed by atoms with Crippen LogP contribution in [-0.2, 0) is 30.9 Å². The van der Waals surface area contributed by atoms with Crippen LogP contribution in [0.1, 0.15) is 42.5 Å². The molecule has 1 aromatic heterocycles. The number of alkyl halides is 1. The quantitative estimate of drug-likeness (QED) is 0.0758. The highest BCUT2D eigenvalue weighted by molar-refractivity contribution is 14.1. The summed E-state index contributed by atoms with van der Waals surface area (Å²) in [6.45, 7) is 7.30. The van der Waals surface area contributed by atoms with Gasteiger partial charge in [0, 0.05) is 34.9 Å². The van der Waals surface area contributed by atoms with Gasteiger partial charge in [0.05, 0.1) is 28.8 Å². The molecule has 10 nitrogen and oxygen atoms in total. The van der Waals surface area contributed by atoms with Crippen LogP contribution in [0.3, 0.4) is 0 Å². The van der Waals surface area contributed by atoms with Crippen LogP contribution in [0.25, 0.3) is 0 Å². The van der Waals surface area contributed by atoms with Crippen LogP contribution < -0.4 is 14.2 Å². The second kappa shape index (κ2) is 16.0. The topological polar surface area (TPSA) is 113 Å². The van der Waals surface area contributed by atoms with E-state index in [1.807, 2.05) is 50.4 Å². The van der Waals surface area contributed by atoms with Gasteiger partial charge in [-0.3, -0.25) is 0 Å². The zero-order valence-electron chi connectivity index (χ0n) is 24.5. The number of fused-ring (bicyclic) bond motifs is 1. The first-order valence-electron chi connectivity index (χ1n) is 14.0. The molecule has 0 radical (unpaired) electrons. The first-order chi connectivity index (χ1) is 20.7. The van der Waals surface area contributed by atoms with Crippen LogP contribution >= 0.6 is 33.9 Å². The van der Waals surface area contributed by atoms with Gasteiger partial charge in [-0.15, -0.1) is 11.3 Å². The summed E-state index contributed by atoms with van der Waals surface area (Å²) in [5, 5.41) is 2.95. The molecular formula is C30H37IN2O8S2. The first-order valence-corrected chi connectivity index (χ1v) is 17.8. The van der Waals surface area contributed by atoms with E-state index < -0.39 is 16.0 Å². The summed E-state index contributed by atoms with van der Waals surface area (Å²) < 4.78 is 57.6. The lowest BCUT2D eigenvalue weighted by Gasteiger charge is -2.29. The molecule has 0 spiro atoms. The van der Waals surface area contributed by atoms with Crippen molar-refractivity contribution in [2.24, 2.45) is 5.92 Å². The predicted molar refractivity (Wildman–Crippen MR) is 172 cm³/mol. The number of rotatable bonds is 17. The number of hydrogen-bond donors (Lipinski definition) is 0. The van der Waals surface area contributed by atoms with E-state index in [9.17, 15) is 13.2 Å². The summed E-state index contributed by atoms with van der Waals surface area (Å²) in [6, 6.07) is 12.3. The van der Waals surface area contributed by atoms with Gasteiger partial charge in [0.15, 0.2) is 11.5 Å². The summed E-state index contributed by atoms with van der Waals surface area (Å²) in [5.41, 5.74) is 1.77. The molecule has 2 heterocycles. The standard InChI is InChI=1S/C30H37IN2O8S2/c1-21(2)15-33(43(35,36)27-8-9-28-29(14-27)41-20-40-28)16-24(10-12-38-30(34)18-37-13-11-31)23-4-6-26(7-5-23)39-17-25-19-42-22(3)32-25/h4-9,14,19,21,24H,10-13,15-18,20H2,1-3H3. The number of benzene rings is 2. The maximum atomic E-state index is 13.9. The average molecular weight is 745 g/mol. The minimum absolute atomic E-state index is 0.0571. The van der Waals surface area contributed by atoms with Crippen molar-refractivity contribution in [3.05, 3.63) is 64.1 Å². The molecule has 0 saturated heterocycles. The van der Waals surface area contributed by atoms with E-state index in [4.69, 9.17) is 23.7 Å². The molecular weight excluding hydrogens is 707 g/mol. The minimum Gasteiger partial charge on any atom is -0.487 e. The molecule has 0 aliphatic carbocycles. The Kier molecular flexibility index (Phi) is 12.5. The van der Waals surface area contributed by atoms with Gasteiger partial charge in [-0.2, -0.15) is 4.31 Å². The molecule has 1 atom stereocenters. The molecule has 43 heavy (non-hydrogen) atoms. The van der Waals surface area contributed by atoms with Crippen LogP contribution in [0.5, 0.6) is 17.2 Å². The second-order valence-corrected chi connectivity index (χ2v) is 14.5. The molecule has 13 heteroatoms. The molecule has 0 saturated carbocycles. The van der Waals surface area contributed by atoms with Gasteiger partial charge < -0.3 is 23.7 Å². The highest BCUT2D eigenvalue weighted by atomic mass is 127. The minimum atomic E-state index is -3.88. The zero-order valence-corrected chi connectivity index (χ0v) is 28.3. The Bertz CT molecular complexity index is 1450. The van der Waals surface area contributed by atoms with Crippen molar-refractivity contribution in [1.29, 1.82) is 0 Å². The van der Waals surface area contributed by atoms with Crippen molar-refractivity contribution >= 4 is 49.9 Å².